The maximum atomic E-state index is 13.7. The van der Waals surface area contributed by atoms with Crippen LogP contribution in [0.4, 0.5) is 30.7 Å². The summed E-state index contributed by atoms with van der Waals surface area (Å²) in [6, 6.07) is 14.0. The number of pyridine rings is 2. The number of hydrogen-bond donors (Lipinski definition) is 2. The Labute approximate surface area is 219 Å². The van der Waals surface area contributed by atoms with Crippen molar-refractivity contribution < 1.29 is 59.9 Å². The molecule has 0 saturated heterocycles. The first-order valence-electron chi connectivity index (χ1n) is 10.6. The van der Waals surface area contributed by atoms with Gasteiger partial charge >= 0.3 is 18.3 Å². The van der Waals surface area contributed by atoms with E-state index < -0.39 is 24.3 Å². The van der Waals surface area contributed by atoms with E-state index in [-0.39, 0.29) is 18.3 Å². The van der Waals surface area contributed by atoms with Crippen molar-refractivity contribution in [3.05, 3.63) is 96.6 Å². The van der Waals surface area contributed by atoms with Crippen LogP contribution in [-0.2, 0) is 16.1 Å². The molecule has 212 valence electrons. The monoisotopic (exact) mass is 574 g/mol. The molecule has 0 unspecified atom stereocenters. The van der Waals surface area contributed by atoms with Crippen molar-refractivity contribution in [1.29, 1.82) is 0 Å². The number of aliphatic carboxylic acids is 2. The minimum absolute atomic E-state index is 0.113. The lowest BCUT2D eigenvalue weighted by atomic mass is 10.2. The van der Waals surface area contributed by atoms with Gasteiger partial charge in [0.05, 0.1) is 6.20 Å². The van der Waals surface area contributed by atoms with E-state index >= 15 is 0 Å². The lowest BCUT2D eigenvalue weighted by Crippen LogP contribution is -2.37. The van der Waals surface area contributed by atoms with E-state index in [1.54, 1.807) is 30.5 Å². The number of carbonyl (C=O) groups excluding carboxylic acids is 2. The number of nitrogens with one attached hydrogen (secondary N) is 1. The summed E-state index contributed by atoms with van der Waals surface area (Å²) in [7, 11) is 0. The van der Waals surface area contributed by atoms with Gasteiger partial charge < -0.3 is 20.3 Å². The molecule has 0 aliphatic heterocycles. The minimum Gasteiger partial charge on any atom is -0.542 e. The standard InChI is InChI=1S/C20H15FN4O.2C2HF3O2/c21-18-7-2-1-5-15(18)11-23-20(26)17-12-22-9-8-19(17)25-13-16-6-3-4-10-24(16)14-25;2*3-2(4,5)1(6)7/h1-10,12-14H,11H2;2*(H,6,7). The van der Waals surface area contributed by atoms with Crippen LogP contribution in [0.1, 0.15) is 15.9 Å². The van der Waals surface area contributed by atoms with Gasteiger partial charge in [-0.2, -0.15) is 26.3 Å². The molecule has 16 heteroatoms. The number of rotatable bonds is 4. The predicted octanol–water partition coefficient (Wildman–Crippen LogP) is 2.61. The van der Waals surface area contributed by atoms with Crippen LogP contribution in [0.2, 0.25) is 0 Å². The van der Waals surface area contributed by atoms with Gasteiger partial charge in [0.15, 0.2) is 5.52 Å². The van der Waals surface area contributed by atoms with Gasteiger partial charge in [-0.15, -0.1) is 0 Å². The van der Waals surface area contributed by atoms with Gasteiger partial charge in [-0.25, -0.2) is 18.2 Å². The van der Waals surface area contributed by atoms with E-state index in [4.69, 9.17) is 19.8 Å². The lowest BCUT2D eigenvalue weighted by Gasteiger charge is -2.08. The highest BCUT2D eigenvalue weighted by Crippen LogP contribution is 2.13. The van der Waals surface area contributed by atoms with Crippen molar-refractivity contribution in [1.82, 2.24) is 14.7 Å². The number of carboxylic acids is 2. The Balaban J connectivity index is 0.000000333. The van der Waals surface area contributed by atoms with Crippen molar-refractivity contribution in [3.63, 3.8) is 0 Å². The molecule has 1 amide bonds. The van der Waals surface area contributed by atoms with Crippen LogP contribution >= 0.6 is 0 Å². The first kappa shape index (κ1) is 31.2. The molecule has 4 rings (SSSR count). The number of halogens is 7. The van der Waals surface area contributed by atoms with Gasteiger partial charge in [-0.3, -0.25) is 9.78 Å². The number of aromatic nitrogens is 3. The first-order valence-corrected chi connectivity index (χ1v) is 10.6. The van der Waals surface area contributed by atoms with Crippen molar-refractivity contribution >= 4 is 23.4 Å². The summed E-state index contributed by atoms with van der Waals surface area (Å²) in [6.45, 7) is 0.113. The van der Waals surface area contributed by atoms with Crippen molar-refractivity contribution in [2.45, 2.75) is 18.9 Å². The number of amides is 1. The molecule has 1 aromatic carbocycles. The molecule has 0 aliphatic rings. The highest BCUT2D eigenvalue weighted by Gasteiger charge is 2.38. The lowest BCUT2D eigenvalue weighted by molar-refractivity contribution is -0.594. The molecule has 0 aliphatic carbocycles. The van der Waals surface area contributed by atoms with Gasteiger partial charge in [0, 0.05) is 30.6 Å². The number of carboxylic acid groups (broad SMARTS) is 2. The zero-order chi connectivity index (χ0) is 30.1. The summed E-state index contributed by atoms with van der Waals surface area (Å²) in [5, 5.41) is 18.7. The zero-order valence-electron chi connectivity index (χ0n) is 19.8. The van der Waals surface area contributed by atoms with E-state index in [1.807, 2.05) is 45.9 Å². The second-order valence-electron chi connectivity index (χ2n) is 7.44. The van der Waals surface area contributed by atoms with Gasteiger partial charge in [0.1, 0.15) is 29.2 Å². The van der Waals surface area contributed by atoms with Crippen LogP contribution in [0, 0.1) is 5.82 Å². The van der Waals surface area contributed by atoms with Crippen LogP contribution in [0.3, 0.4) is 0 Å². The van der Waals surface area contributed by atoms with Crippen molar-refractivity contribution in [2.24, 2.45) is 0 Å². The maximum absolute atomic E-state index is 13.7. The molecule has 40 heavy (non-hydrogen) atoms. The number of benzene rings is 1. The SMILES string of the molecule is O=C(NCc1ccccc1F)c1cnccc1-[n+]1cc2ccccn2c1.O=C(O)C(F)(F)F.O=C([O-])C(F)(F)F. The molecule has 9 nitrogen and oxygen atoms in total. The third kappa shape index (κ3) is 9.07. The van der Waals surface area contributed by atoms with E-state index in [2.05, 4.69) is 10.3 Å². The first-order chi connectivity index (χ1) is 18.6. The fourth-order valence-electron chi connectivity index (χ4n) is 2.82. The average Bonchev–Trinajstić information content (AvgIpc) is 3.32. The smallest absolute Gasteiger partial charge is 0.490 e. The summed E-state index contributed by atoms with van der Waals surface area (Å²) in [4.78, 5) is 34.4. The third-order valence-electron chi connectivity index (χ3n) is 4.64. The van der Waals surface area contributed by atoms with E-state index in [0.29, 0.717) is 16.8 Å². The Bertz CT molecular complexity index is 1430. The molecular weight excluding hydrogens is 557 g/mol. The zero-order valence-corrected chi connectivity index (χ0v) is 19.8. The van der Waals surface area contributed by atoms with Crippen LogP contribution in [0.15, 0.2) is 79.6 Å². The van der Waals surface area contributed by atoms with Crippen LogP contribution in [0.5, 0.6) is 0 Å². The maximum Gasteiger partial charge on any atom is 0.490 e. The Hall–Kier alpha value is -5.02. The van der Waals surface area contributed by atoms with E-state index in [1.165, 1.54) is 12.3 Å². The molecular formula is C24H17F7N4O5. The molecule has 0 saturated carbocycles. The van der Waals surface area contributed by atoms with Gasteiger partial charge in [0.2, 0.25) is 0 Å². The highest BCUT2D eigenvalue weighted by molar-refractivity contribution is 5.96. The molecule has 3 heterocycles. The Kier molecular flexibility index (Phi) is 10.3. The molecule has 0 spiro atoms. The normalized spacial score (nSPS) is 11.0. The van der Waals surface area contributed by atoms with Crippen LogP contribution in [0.25, 0.3) is 11.2 Å². The number of nitrogens with zero attached hydrogens (tertiary/aromatic N) is 3. The summed E-state index contributed by atoms with van der Waals surface area (Å²) >= 11 is 0. The molecule has 3 aromatic heterocycles. The van der Waals surface area contributed by atoms with E-state index in [0.717, 1.165) is 5.52 Å². The largest absolute Gasteiger partial charge is 0.542 e. The number of hydrogen-bond acceptors (Lipinski definition) is 5. The van der Waals surface area contributed by atoms with Crippen LogP contribution in [-0.4, -0.2) is 44.7 Å². The second kappa shape index (κ2) is 13.2. The molecule has 0 radical (unpaired) electrons. The minimum atomic E-state index is -5.19. The van der Waals surface area contributed by atoms with Crippen molar-refractivity contribution in [3.8, 4) is 5.69 Å². The molecule has 2 N–H and O–H groups in total. The predicted molar refractivity (Wildman–Crippen MR) is 119 cm³/mol. The summed E-state index contributed by atoms with van der Waals surface area (Å²) in [5.74, 6) is -6.41. The topological polar surface area (TPSA) is 128 Å². The summed E-state index contributed by atoms with van der Waals surface area (Å²) in [6.07, 6.45) is -1.37. The summed E-state index contributed by atoms with van der Waals surface area (Å²) < 4.78 is 80.8. The average molecular weight is 574 g/mol. The fourth-order valence-corrected chi connectivity index (χ4v) is 2.82. The van der Waals surface area contributed by atoms with Gasteiger partial charge in [-0.1, -0.05) is 24.3 Å². The molecule has 0 atom stereocenters. The number of carbonyl (C=O) groups is 3. The Morgan fingerprint density at radius 1 is 0.975 bits per heavy atom. The van der Waals surface area contributed by atoms with Crippen LogP contribution < -0.4 is 15.0 Å². The highest BCUT2D eigenvalue weighted by atomic mass is 19.4. The number of imidazole rings is 1. The number of alkyl halides is 6. The summed E-state index contributed by atoms with van der Waals surface area (Å²) in [5.41, 5.74) is 2.56. The van der Waals surface area contributed by atoms with Gasteiger partial charge in [-0.05, 0) is 18.2 Å². The molecule has 0 fully saturated rings. The number of fused-ring (bicyclic) bond motifs is 1. The molecule has 0 bridgehead atoms. The van der Waals surface area contributed by atoms with Gasteiger partial charge in [0.25, 0.3) is 12.2 Å². The van der Waals surface area contributed by atoms with E-state index in [9.17, 15) is 35.5 Å². The molecule has 4 aromatic rings. The van der Waals surface area contributed by atoms with Crippen molar-refractivity contribution in [2.75, 3.05) is 0 Å². The quantitative estimate of drug-likeness (QED) is 0.285. The Morgan fingerprint density at radius 2 is 1.57 bits per heavy atom. The Morgan fingerprint density at radius 3 is 2.12 bits per heavy atom. The fraction of sp³-hybridized carbons (Fsp3) is 0.125. The third-order valence-corrected chi connectivity index (χ3v) is 4.64. The second-order valence-corrected chi connectivity index (χ2v) is 7.44.